The summed E-state index contributed by atoms with van der Waals surface area (Å²) in [5.41, 5.74) is -6.61. The van der Waals surface area contributed by atoms with Crippen molar-refractivity contribution in [2.24, 2.45) is 29.1 Å². The van der Waals surface area contributed by atoms with E-state index in [0.717, 1.165) is 25.3 Å². The van der Waals surface area contributed by atoms with Gasteiger partial charge in [-0.2, -0.15) is 0 Å². The second kappa shape index (κ2) is 12.2. The summed E-state index contributed by atoms with van der Waals surface area (Å²) in [6.45, 7) is 9.44. The van der Waals surface area contributed by atoms with E-state index < -0.39 is 82.1 Å². The molecule has 0 bridgehead atoms. The number of hydrogen-bond donors (Lipinski definition) is 3. The van der Waals surface area contributed by atoms with Gasteiger partial charge >= 0.3 is 11.9 Å². The zero-order valence-corrected chi connectivity index (χ0v) is 26.6. The first-order valence-electron chi connectivity index (χ1n) is 16.1. The van der Waals surface area contributed by atoms with E-state index >= 15 is 0 Å². The van der Waals surface area contributed by atoms with Gasteiger partial charge in [-0.3, -0.25) is 19.2 Å². The van der Waals surface area contributed by atoms with Crippen molar-refractivity contribution in [2.75, 3.05) is 6.61 Å². The number of fused-ring (bicyclic) bond motifs is 5. The number of ketones is 2. The Morgan fingerprint density at radius 3 is 2.12 bits per heavy atom. The van der Waals surface area contributed by atoms with E-state index in [1.165, 1.54) is 52.0 Å². The third-order valence-corrected chi connectivity index (χ3v) is 10.9. The number of hydrogen-bond acceptors (Lipinski definition) is 9. The molecule has 0 saturated heterocycles. The number of esters is 2. The molecule has 0 heterocycles. The molecule has 0 unspecified atom stereocenters. The van der Waals surface area contributed by atoms with Gasteiger partial charge in [-0.25, -0.2) is 0 Å². The van der Waals surface area contributed by atoms with Crippen LogP contribution in [-0.2, 0) is 28.7 Å². The Hall–Kier alpha value is -2.36. The molecule has 0 aromatic carbocycles. The molecule has 0 spiro atoms. The molecule has 0 radical (unpaired) electrons. The summed E-state index contributed by atoms with van der Waals surface area (Å²) < 4.78 is 12.1. The molecule has 9 nitrogen and oxygen atoms in total. The monoisotopic (exact) mass is 602 g/mol. The Labute approximate surface area is 255 Å². The Kier molecular flexibility index (Phi) is 9.52. The smallest absolute Gasteiger partial charge is 0.306 e. The minimum atomic E-state index is -2.26. The Bertz CT molecular complexity index is 1200. The maximum absolute atomic E-state index is 14.0. The van der Waals surface area contributed by atoms with Crippen LogP contribution in [0.25, 0.3) is 0 Å². The van der Waals surface area contributed by atoms with Gasteiger partial charge in [0.2, 0.25) is 0 Å². The first-order valence-corrected chi connectivity index (χ1v) is 16.1. The van der Waals surface area contributed by atoms with Crippen LogP contribution in [0, 0.1) is 29.1 Å². The summed E-state index contributed by atoms with van der Waals surface area (Å²) in [5, 5.41) is 34.6. The van der Waals surface area contributed by atoms with Crippen LogP contribution in [0.1, 0.15) is 106 Å². The lowest BCUT2D eigenvalue weighted by Crippen LogP contribution is -2.67. The van der Waals surface area contributed by atoms with Gasteiger partial charge in [0, 0.05) is 42.1 Å². The summed E-state index contributed by atoms with van der Waals surface area (Å²) in [4.78, 5) is 53.0. The standard InChI is InChI=1S/C34H50O9/c1-7-8-9-10-11-12-13-14-15-16-25(37)42-30-21(3)33(41)24-17-20(2)29(39)32(24,40)18-23(19-35)27(38)26(33)28-31(5,6)34(28,30)43-22(4)36/h17-18,21,24,26,28,30,35,40-41H,7-16,19H2,1-6H3/t21-,24-,26+,28-,30-,32-,33+,34-/m1/s1. The van der Waals surface area contributed by atoms with Crippen molar-refractivity contribution in [3.63, 3.8) is 0 Å². The fourth-order valence-corrected chi connectivity index (χ4v) is 8.68. The quantitative estimate of drug-likeness (QED) is 0.209. The van der Waals surface area contributed by atoms with Gasteiger partial charge in [0.15, 0.2) is 22.8 Å². The van der Waals surface area contributed by atoms with E-state index in [1.807, 2.05) is 0 Å². The number of unbranched alkanes of at least 4 members (excludes halogenated alkanes) is 8. The SMILES string of the molecule is CCCCCCCCCCCC(=O)O[C@@H]1[C@@H](C)[C@@]2(O)[C@@H](C(=O)C(CO)=C[C@]3(O)C(=O)C(C)=C[C@@H]23)[C@@H]2C(C)(C)[C@]12OC(C)=O. The lowest BCUT2D eigenvalue weighted by atomic mass is 9.58. The van der Waals surface area contributed by atoms with Crippen LogP contribution in [0.15, 0.2) is 23.3 Å². The summed E-state index contributed by atoms with van der Waals surface area (Å²) >= 11 is 0. The van der Waals surface area contributed by atoms with E-state index in [4.69, 9.17) is 9.47 Å². The van der Waals surface area contributed by atoms with Crippen molar-refractivity contribution in [3.05, 3.63) is 23.3 Å². The molecule has 2 fully saturated rings. The molecule has 2 saturated carbocycles. The lowest BCUT2D eigenvalue weighted by Gasteiger charge is -2.52. The Balaban J connectivity index is 1.63. The average molecular weight is 603 g/mol. The highest BCUT2D eigenvalue weighted by molar-refractivity contribution is 6.09. The van der Waals surface area contributed by atoms with Gasteiger partial charge in [0.05, 0.1) is 18.1 Å². The molecule has 0 aliphatic heterocycles. The molecule has 4 aliphatic rings. The fourth-order valence-electron chi connectivity index (χ4n) is 8.68. The maximum Gasteiger partial charge on any atom is 0.306 e. The predicted octanol–water partition coefficient (Wildman–Crippen LogP) is 4.15. The highest BCUT2D eigenvalue weighted by atomic mass is 16.6. The molecule has 0 amide bonds. The molecule has 240 valence electrons. The highest BCUT2D eigenvalue weighted by Crippen LogP contribution is 2.77. The van der Waals surface area contributed by atoms with Crippen LogP contribution in [0.5, 0.6) is 0 Å². The molecule has 4 aliphatic carbocycles. The summed E-state index contributed by atoms with van der Waals surface area (Å²) in [5.74, 6) is -6.70. The minimum Gasteiger partial charge on any atom is -0.458 e. The van der Waals surface area contributed by atoms with E-state index in [1.54, 1.807) is 20.8 Å². The summed E-state index contributed by atoms with van der Waals surface area (Å²) in [7, 11) is 0. The second-order valence-corrected chi connectivity index (χ2v) is 13.9. The summed E-state index contributed by atoms with van der Waals surface area (Å²) in [6.07, 6.45) is 11.4. The number of carbonyl (C=O) groups excluding carboxylic acids is 4. The maximum atomic E-state index is 14.0. The molecule has 43 heavy (non-hydrogen) atoms. The van der Waals surface area contributed by atoms with Gasteiger partial charge in [0.1, 0.15) is 6.10 Å². The van der Waals surface area contributed by atoms with E-state index in [-0.39, 0.29) is 17.6 Å². The third kappa shape index (κ3) is 5.23. The normalized spacial score (nSPS) is 37.4. The van der Waals surface area contributed by atoms with E-state index in [2.05, 4.69) is 6.92 Å². The number of ether oxygens (including phenoxy) is 2. The number of rotatable bonds is 13. The number of aliphatic hydroxyl groups excluding tert-OH is 1. The van der Waals surface area contributed by atoms with Crippen molar-refractivity contribution >= 4 is 23.5 Å². The van der Waals surface area contributed by atoms with Crippen molar-refractivity contribution in [1.29, 1.82) is 0 Å². The zero-order chi connectivity index (χ0) is 32.0. The predicted molar refractivity (Wildman–Crippen MR) is 158 cm³/mol. The van der Waals surface area contributed by atoms with Crippen molar-refractivity contribution in [2.45, 2.75) is 129 Å². The number of aliphatic hydroxyl groups is 3. The highest BCUT2D eigenvalue weighted by Gasteiger charge is 2.89. The zero-order valence-electron chi connectivity index (χ0n) is 26.6. The van der Waals surface area contributed by atoms with Crippen LogP contribution < -0.4 is 0 Å². The molecule has 9 heteroatoms. The van der Waals surface area contributed by atoms with Gasteiger partial charge in [-0.1, -0.05) is 85.1 Å². The van der Waals surface area contributed by atoms with Crippen LogP contribution in [0.3, 0.4) is 0 Å². The molecular weight excluding hydrogens is 552 g/mol. The van der Waals surface area contributed by atoms with Gasteiger partial charge in [0.25, 0.3) is 0 Å². The fraction of sp³-hybridized carbons (Fsp3) is 0.765. The van der Waals surface area contributed by atoms with Crippen LogP contribution in [0.2, 0.25) is 0 Å². The third-order valence-electron chi connectivity index (χ3n) is 10.9. The Morgan fingerprint density at radius 1 is 0.977 bits per heavy atom. The number of carbonyl (C=O) groups is 4. The molecule has 8 atom stereocenters. The Morgan fingerprint density at radius 2 is 1.56 bits per heavy atom. The van der Waals surface area contributed by atoms with Crippen molar-refractivity contribution in [3.8, 4) is 0 Å². The van der Waals surface area contributed by atoms with Crippen LogP contribution >= 0.6 is 0 Å². The molecule has 3 N–H and O–H groups in total. The molecular formula is C34H50O9. The van der Waals surface area contributed by atoms with Crippen molar-refractivity contribution in [1.82, 2.24) is 0 Å². The first kappa shape index (κ1) is 33.5. The van der Waals surface area contributed by atoms with Gasteiger partial charge in [-0.15, -0.1) is 0 Å². The molecule has 4 rings (SSSR count). The van der Waals surface area contributed by atoms with E-state index in [9.17, 15) is 34.5 Å². The van der Waals surface area contributed by atoms with Gasteiger partial charge in [-0.05, 0) is 25.0 Å². The van der Waals surface area contributed by atoms with Crippen LogP contribution in [-0.4, -0.2) is 68.3 Å². The first-order chi connectivity index (χ1) is 20.2. The molecule has 0 aromatic rings. The summed E-state index contributed by atoms with van der Waals surface area (Å²) in [6, 6.07) is 0. The minimum absolute atomic E-state index is 0.155. The van der Waals surface area contributed by atoms with Crippen molar-refractivity contribution < 1.29 is 44.0 Å². The lowest BCUT2D eigenvalue weighted by molar-refractivity contribution is -0.229. The molecule has 0 aromatic heterocycles. The number of Topliss-reactive ketones (excluding diaryl/α,β-unsaturated/α-hetero) is 2. The second-order valence-electron chi connectivity index (χ2n) is 13.9. The van der Waals surface area contributed by atoms with Crippen LogP contribution in [0.4, 0.5) is 0 Å². The van der Waals surface area contributed by atoms with Gasteiger partial charge < -0.3 is 24.8 Å². The topological polar surface area (TPSA) is 147 Å². The average Bonchev–Trinajstić information content (AvgIpc) is 3.34. The largest absolute Gasteiger partial charge is 0.458 e. The van der Waals surface area contributed by atoms with E-state index in [0.29, 0.717) is 6.42 Å².